The molecule has 0 saturated carbocycles. The largest absolute Gasteiger partial charge is 0.359 e. The van der Waals surface area contributed by atoms with Crippen molar-refractivity contribution in [2.45, 2.75) is 59.4 Å². The highest BCUT2D eigenvalue weighted by Crippen LogP contribution is 2.22. The summed E-state index contributed by atoms with van der Waals surface area (Å²) >= 11 is 0. The number of aromatic nitrogens is 1. The van der Waals surface area contributed by atoms with Crippen molar-refractivity contribution >= 4 is 11.9 Å². The van der Waals surface area contributed by atoms with Crippen molar-refractivity contribution in [3.8, 4) is 0 Å². The normalized spacial score (nSPS) is 11.6. The lowest BCUT2D eigenvalue weighted by Gasteiger charge is -2.10. The van der Waals surface area contributed by atoms with Crippen LogP contribution in [0.4, 0.5) is 0 Å². The number of hydrogen-bond acceptors (Lipinski definition) is 4. The molecule has 0 radical (unpaired) electrons. The van der Waals surface area contributed by atoms with Crippen LogP contribution in [0.25, 0.3) is 0 Å². The van der Waals surface area contributed by atoms with Gasteiger partial charge in [-0.05, 0) is 26.2 Å². The smallest absolute Gasteiger partial charge is 0.241 e. The van der Waals surface area contributed by atoms with Crippen LogP contribution in [0.3, 0.4) is 0 Å². The predicted octanol–water partition coefficient (Wildman–Crippen LogP) is 2.16. The summed E-state index contributed by atoms with van der Waals surface area (Å²) in [5, 5.41) is 13.2. The monoisotopic (exact) mass is 337 g/mol. The Morgan fingerprint density at radius 1 is 1.21 bits per heavy atom. The molecule has 0 aliphatic carbocycles. The van der Waals surface area contributed by atoms with Gasteiger partial charge < -0.3 is 20.5 Å². The van der Waals surface area contributed by atoms with Crippen molar-refractivity contribution < 1.29 is 9.32 Å². The molecule has 0 fully saturated rings. The van der Waals surface area contributed by atoms with Gasteiger partial charge in [-0.2, -0.15) is 0 Å². The number of amides is 1. The molecule has 1 rings (SSSR count). The molecule has 0 unspecified atom stereocenters. The summed E-state index contributed by atoms with van der Waals surface area (Å²) in [6.07, 6.45) is 3.01. The van der Waals surface area contributed by atoms with Gasteiger partial charge in [0, 0.05) is 25.1 Å². The Balaban J connectivity index is 2.55. The van der Waals surface area contributed by atoms with Gasteiger partial charge in [0.2, 0.25) is 5.91 Å². The molecule has 3 N–H and O–H groups in total. The second-order valence-corrected chi connectivity index (χ2v) is 5.63. The van der Waals surface area contributed by atoms with Crippen molar-refractivity contribution in [2.24, 2.45) is 4.99 Å². The standard InChI is InChI=1S/C17H31N5O2/c1-5-9-19-16(23)12-21-17(18-8-4)20-11-14-10-15(22-24-14)13(6-2)7-3/h10,13H,5-9,11-12H2,1-4H3,(H,19,23)(H2,18,20,21). The average molecular weight is 337 g/mol. The summed E-state index contributed by atoms with van der Waals surface area (Å²) in [6, 6.07) is 1.99. The van der Waals surface area contributed by atoms with Crippen LogP contribution in [-0.4, -0.2) is 36.7 Å². The fraction of sp³-hybridized carbons (Fsp3) is 0.706. The minimum absolute atomic E-state index is 0.0789. The molecule has 0 aliphatic rings. The van der Waals surface area contributed by atoms with Crippen molar-refractivity contribution in [1.82, 2.24) is 21.1 Å². The molecule has 1 aromatic rings. The van der Waals surface area contributed by atoms with Gasteiger partial charge in [0.05, 0.1) is 12.2 Å². The Hall–Kier alpha value is -2.05. The number of carbonyl (C=O) groups is 1. The van der Waals surface area contributed by atoms with Gasteiger partial charge in [0.1, 0.15) is 6.54 Å². The molecule has 1 aromatic heterocycles. The van der Waals surface area contributed by atoms with Gasteiger partial charge in [-0.1, -0.05) is 25.9 Å². The number of aliphatic imine (C=N–C) groups is 1. The topological polar surface area (TPSA) is 91.5 Å². The van der Waals surface area contributed by atoms with E-state index in [1.807, 2.05) is 19.9 Å². The first-order valence-electron chi connectivity index (χ1n) is 8.88. The first-order valence-corrected chi connectivity index (χ1v) is 8.88. The fourth-order valence-corrected chi connectivity index (χ4v) is 2.30. The van der Waals surface area contributed by atoms with Gasteiger partial charge in [0.25, 0.3) is 0 Å². The summed E-state index contributed by atoms with van der Waals surface area (Å²) in [7, 11) is 0. The molecule has 7 heteroatoms. The van der Waals surface area contributed by atoms with Gasteiger partial charge in [-0.3, -0.25) is 4.79 Å². The molecule has 7 nitrogen and oxygen atoms in total. The van der Waals surface area contributed by atoms with E-state index in [-0.39, 0.29) is 12.5 Å². The van der Waals surface area contributed by atoms with E-state index < -0.39 is 0 Å². The number of nitrogens with zero attached hydrogens (tertiary/aromatic N) is 2. The van der Waals surface area contributed by atoms with Gasteiger partial charge in [0.15, 0.2) is 11.7 Å². The van der Waals surface area contributed by atoms with Crippen LogP contribution in [0, 0.1) is 0 Å². The molecule has 0 aromatic carbocycles. The van der Waals surface area contributed by atoms with E-state index >= 15 is 0 Å². The van der Waals surface area contributed by atoms with Crippen LogP contribution in [0.1, 0.15) is 64.3 Å². The lowest BCUT2D eigenvalue weighted by molar-refractivity contribution is -0.119. The van der Waals surface area contributed by atoms with E-state index in [1.165, 1.54) is 0 Å². The number of carbonyl (C=O) groups excluding carboxylic acids is 1. The fourth-order valence-electron chi connectivity index (χ4n) is 2.30. The maximum atomic E-state index is 11.6. The zero-order valence-corrected chi connectivity index (χ0v) is 15.3. The molecule has 0 spiro atoms. The van der Waals surface area contributed by atoms with E-state index in [1.54, 1.807) is 0 Å². The summed E-state index contributed by atoms with van der Waals surface area (Å²) in [6.45, 7) is 10.3. The second kappa shape index (κ2) is 11.5. The van der Waals surface area contributed by atoms with E-state index in [0.717, 1.165) is 37.3 Å². The molecule has 0 saturated heterocycles. The molecular weight excluding hydrogens is 306 g/mol. The van der Waals surface area contributed by atoms with Crippen molar-refractivity contribution in [3.05, 3.63) is 17.5 Å². The van der Waals surface area contributed by atoms with Crippen LogP contribution in [-0.2, 0) is 11.3 Å². The average Bonchev–Trinajstić information content (AvgIpc) is 3.05. The summed E-state index contributed by atoms with van der Waals surface area (Å²) in [4.78, 5) is 15.9. The lowest BCUT2D eigenvalue weighted by atomic mass is 9.99. The summed E-state index contributed by atoms with van der Waals surface area (Å²) < 4.78 is 5.38. The van der Waals surface area contributed by atoms with Crippen LogP contribution < -0.4 is 16.0 Å². The Morgan fingerprint density at radius 3 is 2.58 bits per heavy atom. The first-order chi connectivity index (χ1) is 11.6. The van der Waals surface area contributed by atoms with Crippen LogP contribution in [0.5, 0.6) is 0 Å². The van der Waals surface area contributed by atoms with Gasteiger partial charge in [-0.15, -0.1) is 0 Å². The molecule has 1 heterocycles. The van der Waals surface area contributed by atoms with Gasteiger partial charge in [-0.25, -0.2) is 4.99 Å². The maximum Gasteiger partial charge on any atom is 0.241 e. The molecule has 24 heavy (non-hydrogen) atoms. The lowest BCUT2D eigenvalue weighted by Crippen LogP contribution is -2.38. The quantitative estimate of drug-likeness (QED) is 0.449. The minimum atomic E-state index is -0.0789. The van der Waals surface area contributed by atoms with Crippen molar-refractivity contribution in [2.75, 3.05) is 19.6 Å². The third-order valence-corrected chi connectivity index (χ3v) is 3.71. The Morgan fingerprint density at radius 2 is 1.96 bits per heavy atom. The van der Waals surface area contributed by atoms with E-state index in [4.69, 9.17) is 4.52 Å². The molecule has 136 valence electrons. The van der Waals surface area contributed by atoms with E-state index in [9.17, 15) is 4.79 Å². The highest BCUT2D eigenvalue weighted by Gasteiger charge is 2.13. The van der Waals surface area contributed by atoms with Gasteiger partial charge >= 0.3 is 0 Å². The number of nitrogens with one attached hydrogen (secondary N) is 3. The first kappa shape index (κ1) is 20.0. The SMILES string of the molecule is CCCNC(=O)CN=C(NCC)NCc1cc(C(CC)CC)no1. The molecule has 1 amide bonds. The van der Waals surface area contributed by atoms with Crippen LogP contribution in [0.15, 0.2) is 15.6 Å². The maximum absolute atomic E-state index is 11.6. The van der Waals surface area contributed by atoms with Crippen LogP contribution >= 0.6 is 0 Å². The van der Waals surface area contributed by atoms with E-state index in [2.05, 4.69) is 39.9 Å². The number of hydrogen-bond donors (Lipinski definition) is 3. The van der Waals surface area contributed by atoms with Crippen molar-refractivity contribution in [3.63, 3.8) is 0 Å². The molecule has 0 bridgehead atoms. The zero-order chi connectivity index (χ0) is 17.8. The third-order valence-electron chi connectivity index (χ3n) is 3.71. The Bertz CT molecular complexity index is 509. The van der Waals surface area contributed by atoms with Crippen molar-refractivity contribution in [1.29, 1.82) is 0 Å². The number of guanidine groups is 1. The highest BCUT2D eigenvalue weighted by molar-refractivity contribution is 5.84. The molecule has 0 atom stereocenters. The Kier molecular flexibility index (Phi) is 9.56. The molecular formula is C17H31N5O2. The van der Waals surface area contributed by atoms with E-state index in [0.29, 0.717) is 25.0 Å². The summed E-state index contributed by atoms with van der Waals surface area (Å²) in [5.74, 6) is 1.71. The molecule has 0 aliphatic heterocycles. The predicted molar refractivity (Wildman–Crippen MR) is 95.9 cm³/mol. The Labute approximate surface area is 144 Å². The highest BCUT2D eigenvalue weighted by atomic mass is 16.5. The second-order valence-electron chi connectivity index (χ2n) is 5.63. The summed E-state index contributed by atoms with van der Waals surface area (Å²) in [5.41, 5.74) is 0.998. The third kappa shape index (κ3) is 7.02. The zero-order valence-electron chi connectivity index (χ0n) is 15.3. The van der Waals surface area contributed by atoms with Crippen LogP contribution in [0.2, 0.25) is 0 Å². The number of rotatable bonds is 10. The minimum Gasteiger partial charge on any atom is -0.359 e.